The van der Waals surface area contributed by atoms with Crippen molar-refractivity contribution in [1.82, 2.24) is 9.55 Å². The van der Waals surface area contributed by atoms with E-state index in [9.17, 15) is 9.90 Å². The fraction of sp³-hybridized carbons (Fsp3) is 0.581. The first kappa shape index (κ1) is 31.2. The van der Waals surface area contributed by atoms with Gasteiger partial charge in [-0.25, -0.2) is 4.79 Å². The van der Waals surface area contributed by atoms with Gasteiger partial charge in [0.25, 0.3) is 0 Å². The quantitative estimate of drug-likeness (QED) is 0.234. The van der Waals surface area contributed by atoms with Crippen molar-refractivity contribution in [3.63, 3.8) is 0 Å². The first-order chi connectivity index (χ1) is 19.9. The molecule has 1 aromatic carbocycles. The highest BCUT2D eigenvalue weighted by Crippen LogP contribution is 2.48. The third-order valence-electron chi connectivity index (χ3n) is 8.93. The van der Waals surface area contributed by atoms with Gasteiger partial charge in [0, 0.05) is 12.4 Å². The highest BCUT2D eigenvalue weighted by Gasteiger charge is 2.62. The monoisotopic (exact) mass is 614 g/mol. The zero-order chi connectivity index (χ0) is 30.4. The summed E-state index contributed by atoms with van der Waals surface area (Å²) in [4.78, 5) is 16.2. The summed E-state index contributed by atoms with van der Waals surface area (Å²) in [7, 11) is -5.85. The van der Waals surface area contributed by atoms with Crippen molar-refractivity contribution in [3.05, 3.63) is 60.6 Å². The molecule has 5 unspecified atom stereocenters. The molecule has 2 aliphatic rings. The van der Waals surface area contributed by atoms with Gasteiger partial charge in [-0.2, -0.15) is 0 Å². The molecule has 2 aliphatic heterocycles. The minimum absolute atomic E-state index is 0.0717. The molecule has 0 amide bonds. The molecule has 2 N–H and O–H groups in total. The number of para-hydroxylation sites is 1. The number of hydrogen-bond acceptors (Lipinski definition) is 7. The standard InChI is InChI=1S/C31H46N2O7Si2/c1-19(2)41(20(3)4)36-18-26-28(39-42(40-41,21(5)6)22(7)8)27(34)29(38-31(35)24-13-11-16-32-24)30(37-26)33-17-15-23-12-9-10-14-25(23)33/h9-17,19-22,26-30,32,34H,18H2,1-8H3. The third-order valence-corrected chi connectivity index (χ3v) is 19.2. The molecule has 0 aliphatic carbocycles. The number of aromatic amines is 1. The number of ether oxygens (including phenoxy) is 2. The van der Waals surface area contributed by atoms with Gasteiger partial charge in [0.15, 0.2) is 12.3 Å². The molecule has 2 fully saturated rings. The third kappa shape index (κ3) is 5.33. The number of H-pyrrole nitrogens is 1. The summed E-state index contributed by atoms with van der Waals surface area (Å²) in [5.41, 5.74) is 1.70. The second kappa shape index (κ2) is 12.0. The molecule has 4 heterocycles. The summed E-state index contributed by atoms with van der Waals surface area (Å²) in [6.07, 6.45) is -0.908. The van der Waals surface area contributed by atoms with E-state index in [4.69, 9.17) is 22.4 Å². The van der Waals surface area contributed by atoms with E-state index >= 15 is 0 Å². The van der Waals surface area contributed by atoms with Crippen molar-refractivity contribution in [1.29, 1.82) is 0 Å². The van der Waals surface area contributed by atoms with E-state index in [1.165, 1.54) is 0 Å². The van der Waals surface area contributed by atoms with Crippen LogP contribution >= 0.6 is 0 Å². The molecular weight excluding hydrogens is 569 g/mol. The Bertz CT molecular complexity index is 1340. The van der Waals surface area contributed by atoms with E-state index in [1.807, 2.05) is 41.1 Å². The van der Waals surface area contributed by atoms with Gasteiger partial charge in [0.2, 0.25) is 0 Å². The van der Waals surface area contributed by atoms with Crippen LogP contribution in [0.15, 0.2) is 54.9 Å². The van der Waals surface area contributed by atoms with Gasteiger partial charge in [-0.05, 0) is 51.8 Å². The van der Waals surface area contributed by atoms with Crippen molar-refractivity contribution in [2.24, 2.45) is 0 Å². The number of benzene rings is 1. The molecule has 42 heavy (non-hydrogen) atoms. The molecule has 3 aromatic rings. The highest BCUT2D eigenvalue weighted by atomic mass is 28.5. The Kier molecular flexibility index (Phi) is 8.93. The van der Waals surface area contributed by atoms with Crippen LogP contribution in [0.1, 0.15) is 72.1 Å². The Morgan fingerprint density at radius 2 is 1.62 bits per heavy atom. The largest absolute Gasteiger partial charge is 0.450 e. The van der Waals surface area contributed by atoms with Gasteiger partial charge in [-0.1, -0.05) is 73.6 Å². The van der Waals surface area contributed by atoms with Crippen molar-refractivity contribution in [2.75, 3.05) is 6.61 Å². The maximum Gasteiger partial charge on any atom is 0.355 e. The smallest absolute Gasteiger partial charge is 0.355 e. The molecule has 5 atom stereocenters. The van der Waals surface area contributed by atoms with Crippen LogP contribution in [0.5, 0.6) is 0 Å². The number of nitrogens with zero attached hydrogens (tertiary/aromatic N) is 1. The van der Waals surface area contributed by atoms with E-state index < -0.39 is 53.7 Å². The molecule has 0 radical (unpaired) electrons. The van der Waals surface area contributed by atoms with E-state index in [0.29, 0.717) is 5.69 Å². The number of rotatable bonds is 7. The first-order valence-corrected chi connectivity index (χ1v) is 19.1. The molecule has 2 saturated heterocycles. The van der Waals surface area contributed by atoms with Gasteiger partial charge >= 0.3 is 23.1 Å². The minimum atomic E-state index is -3.04. The van der Waals surface area contributed by atoms with Crippen molar-refractivity contribution < 1.29 is 32.3 Å². The second-order valence-electron chi connectivity index (χ2n) is 12.8. The van der Waals surface area contributed by atoms with Crippen LogP contribution < -0.4 is 0 Å². The number of aromatic nitrogens is 2. The van der Waals surface area contributed by atoms with Crippen molar-refractivity contribution in [2.45, 2.75) is 108 Å². The number of fused-ring (bicyclic) bond motifs is 2. The topological polar surface area (TPSA) is 104 Å². The minimum Gasteiger partial charge on any atom is -0.450 e. The predicted octanol–water partition coefficient (Wildman–Crippen LogP) is 6.41. The van der Waals surface area contributed by atoms with Gasteiger partial charge in [0.1, 0.15) is 24.0 Å². The normalized spacial score (nSPS) is 27.8. The maximum absolute atomic E-state index is 13.3. The summed E-state index contributed by atoms with van der Waals surface area (Å²) in [6.45, 7) is 17.4. The maximum atomic E-state index is 13.3. The average molecular weight is 615 g/mol. The summed E-state index contributed by atoms with van der Waals surface area (Å²) in [5, 5.41) is 13.1. The fourth-order valence-corrected chi connectivity index (χ4v) is 17.9. The molecule has 11 heteroatoms. The Balaban J connectivity index is 1.61. The summed E-state index contributed by atoms with van der Waals surface area (Å²) >= 11 is 0. The lowest BCUT2D eigenvalue weighted by atomic mass is 9.98. The lowest BCUT2D eigenvalue weighted by Gasteiger charge is -2.55. The molecule has 0 saturated carbocycles. The predicted molar refractivity (Wildman–Crippen MR) is 166 cm³/mol. The zero-order valence-electron chi connectivity index (χ0n) is 25.9. The van der Waals surface area contributed by atoms with E-state index in [1.54, 1.807) is 18.3 Å². The summed E-state index contributed by atoms with van der Waals surface area (Å²) in [6, 6.07) is 13.3. The number of esters is 1. The van der Waals surface area contributed by atoms with Gasteiger partial charge in [-0.3, -0.25) is 0 Å². The van der Waals surface area contributed by atoms with Gasteiger partial charge < -0.3 is 37.1 Å². The SMILES string of the molecule is CC(C)[Si]1(C(C)C)OCC2OC(n3ccc4ccccc43)C(OC(=O)c3ccc[nH]3)C(O)C2O[Si](C(C)C)(C(C)C)O1. The number of nitrogens with one attached hydrogen (secondary N) is 1. The van der Waals surface area contributed by atoms with Crippen LogP contribution in [0, 0.1) is 0 Å². The van der Waals surface area contributed by atoms with Crippen LogP contribution in [0.4, 0.5) is 0 Å². The van der Waals surface area contributed by atoms with Crippen LogP contribution in [-0.2, 0) is 22.4 Å². The lowest BCUT2D eigenvalue weighted by Crippen LogP contribution is -2.69. The number of hydrogen-bond donors (Lipinski definition) is 2. The Labute approximate surface area is 250 Å². The van der Waals surface area contributed by atoms with E-state index in [2.05, 4.69) is 60.4 Å². The van der Waals surface area contributed by atoms with Gasteiger partial charge in [0.05, 0.1) is 12.1 Å². The van der Waals surface area contributed by atoms with Crippen molar-refractivity contribution >= 4 is 34.0 Å². The van der Waals surface area contributed by atoms with E-state index in [-0.39, 0.29) is 28.8 Å². The summed E-state index contributed by atoms with van der Waals surface area (Å²) in [5.74, 6) is -0.576. The summed E-state index contributed by atoms with van der Waals surface area (Å²) < 4.78 is 36.1. The Morgan fingerprint density at radius 1 is 0.952 bits per heavy atom. The lowest BCUT2D eigenvalue weighted by molar-refractivity contribution is -0.250. The second-order valence-corrected chi connectivity index (χ2v) is 21.7. The number of aliphatic hydroxyl groups excluding tert-OH is 1. The van der Waals surface area contributed by atoms with Gasteiger partial charge in [-0.15, -0.1) is 0 Å². The Morgan fingerprint density at radius 3 is 2.24 bits per heavy atom. The number of carbonyl (C=O) groups is 1. The van der Waals surface area contributed by atoms with Crippen molar-refractivity contribution in [3.8, 4) is 0 Å². The van der Waals surface area contributed by atoms with E-state index in [0.717, 1.165) is 10.9 Å². The molecule has 9 nitrogen and oxygen atoms in total. The zero-order valence-corrected chi connectivity index (χ0v) is 27.9. The number of carbonyl (C=O) groups excluding carboxylic acids is 1. The molecule has 2 aromatic heterocycles. The average Bonchev–Trinajstić information content (AvgIpc) is 3.61. The molecule has 5 rings (SSSR count). The number of aliphatic hydroxyl groups is 1. The molecule has 0 bridgehead atoms. The highest BCUT2D eigenvalue weighted by molar-refractivity contribution is 6.84. The fourth-order valence-electron chi connectivity index (χ4n) is 6.65. The first-order valence-electron chi connectivity index (χ1n) is 15.2. The molecule has 0 spiro atoms. The van der Waals surface area contributed by atoms with Crippen LogP contribution in [0.2, 0.25) is 22.2 Å². The van der Waals surface area contributed by atoms with Crippen LogP contribution in [-0.4, -0.2) is 68.8 Å². The molecule has 230 valence electrons. The van der Waals surface area contributed by atoms with Crippen LogP contribution in [0.25, 0.3) is 10.9 Å². The Hall–Kier alpha value is -2.26. The molecular formula is C31H46N2O7Si2. The van der Waals surface area contributed by atoms with Crippen LogP contribution in [0.3, 0.4) is 0 Å².